The number of anilines is 1. The number of nitrogens with one attached hydrogen (secondary N) is 2. The molecule has 0 bridgehead atoms. The molecule has 2 saturated carbocycles. The van der Waals surface area contributed by atoms with E-state index >= 15 is 4.39 Å². The number of carbonyl (C=O) groups excluding carboxylic acids is 2. The molecule has 11 heteroatoms. The van der Waals surface area contributed by atoms with Crippen molar-refractivity contribution < 1.29 is 23.5 Å². The number of carbonyl (C=O) groups is 2. The molecule has 2 amide bonds. The highest BCUT2D eigenvalue weighted by Crippen LogP contribution is 2.42. The van der Waals surface area contributed by atoms with E-state index in [0.717, 1.165) is 63.1 Å². The Balaban J connectivity index is 1.56. The summed E-state index contributed by atoms with van der Waals surface area (Å²) in [5, 5.41) is 10.4. The van der Waals surface area contributed by atoms with E-state index < -0.39 is 31.8 Å². The Morgan fingerprint density at radius 2 is 1.60 bits per heavy atom. The molecule has 0 saturated heterocycles. The van der Waals surface area contributed by atoms with Crippen LogP contribution in [0.2, 0.25) is 25.7 Å². The zero-order valence-corrected chi connectivity index (χ0v) is 31.0. The maximum absolute atomic E-state index is 15.7. The molecule has 2 aromatic rings. The van der Waals surface area contributed by atoms with Gasteiger partial charge in [-0.2, -0.15) is 9.49 Å². The van der Waals surface area contributed by atoms with Crippen molar-refractivity contribution in [3.8, 4) is 11.1 Å². The second kappa shape index (κ2) is 16.1. The second-order valence-electron chi connectivity index (χ2n) is 15.9. The molecule has 47 heavy (non-hydrogen) atoms. The van der Waals surface area contributed by atoms with Gasteiger partial charge in [-0.3, -0.25) is 4.79 Å². The Labute approximate surface area is 282 Å². The van der Waals surface area contributed by atoms with Crippen LogP contribution in [0.5, 0.6) is 0 Å². The van der Waals surface area contributed by atoms with E-state index in [2.05, 4.69) is 40.4 Å². The molecule has 0 radical (unpaired) electrons. The normalized spacial score (nSPS) is 17.5. The van der Waals surface area contributed by atoms with Gasteiger partial charge in [-0.25, -0.2) is 14.5 Å². The summed E-state index contributed by atoms with van der Waals surface area (Å²) < 4.78 is 29.0. The van der Waals surface area contributed by atoms with Crippen LogP contribution in [-0.4, -0.2) is 53.1 Å². The number of rotatable bonds is 12. The molecule has 0 aromatic carbocycles. The Kier molecular flexibility index (Phi) is 12.7. The van der Waals surface area contributed by atoms with Crippen LogP contribution < -0.4 is 10.6 Å². The van der Waals surface area contributed by atoms with Gasteiger partial charge in [0.1, 0.15) is 24.2 Å². The molecule has 2 aliphatic rings. The predicted molar refractivity (Wildman–Crippen MR) is 187 cm³/mol. The van der Waals surface area contributed by atoms with Gasteiger partial charge in [-0.1, -0.05) is 83.8 Å². The van der Waals surface area contributed by atoms with Crippen LogP contribution in [0.1, 0.15) is 96.4 Å². The lowest BCUT2D eigenvalue weighted by Gasteiger charge is -2.42. The highest BCUT2D eigenvalue weighted by Gasteiger charge is 2.42. The molecule has 0 aliphatic heterocycles. The number of hydrogen-bond donors (Lipinski definition) is 2. The highest BCUT2D eigenvalue weighted by atomic mass is 28.3. The summed E-state index contributed by atoms with van der Waals surface area (Å²) in [5.74, 6) is -0.349. The first kappa shape index (κ1) is 37.0. The number of halogens is 1. The smallest absolute Gasteiger partial charge is 0.408 e. The van der Waals surface area contributed by atoms with Crippen LogP contribution in [0, 0.1) is 37.5 Å². The zero-order chi connectivity index (χ0) is 34.4. The molecule has 262 valence electrons. The van der Waals surface area contributed by atoms with Gasteiger partial charge < -0.3 is 20.1 Å². The van der Waals surface area contributed by atoms with Gasteiger partial charge in [-0.05, 0) is 70.5 Å². The van der Waals surface area contributed by atoms with E-state index in [4.69, 9.17) is 9.47 Å². The van der Waals surface area contributed by atoms with Gasteiger partial charge in [0, 0.05) is 31.5 Å². The standard InChI is InChI=1S/C36H58FN5O4Si/c1-24-30(25(2)42(41-24)23-45-21-22-47(6,7)8)28-19-20-29(38-33(28)37)39-34(43)32(40-35(44)46-36(3,4)5)31(26-15-11-9-12-16-26)27-17-13-10-14-18-27/h19-20,26-27,31-32H,9-18,21-23H2,1-8H3,(H,40,44)(H,38,39,43)/t32-/m0/s1. The average Bonchev–Trinajstić information content (AvgIpc) is 3.27. The molecular weight excluding hydrogens is 614 g/mol. The molecule has 0 unspecified atom stereocenters. The molecule has 0 spiro atoms. The Morgan fingerprint density at radius 3 is 2.13 bits per heavy atom. The molecule has 2 N–H and O–H groups in total. The van der Waals surface area contributed by atoms with Gasteiger partial charge >= 0.3 is 6.09 Å². The number of ether oxygens (including phenoxy) is 2. The lowest BCUT2D eigenvalue weighted by molar-refractivity contribution is -0.121. The van der Waals surface area contributed by atoms with Gasteiger partial charge in [-0.15, -0.1) is 0 Å². The maximum atomic E-state index is 15.7. The molecule has 9 nitrogen and oxygen atoms in total. The maximum Gasteiger partial charge on any atom is 0.408 e. The van der Waals surface area contributed by atoms with Crippen molar-refractivity contribution in [1.82, 2.24) is 20.1 Å². The first-order chi connectivity index (χ1) is 22.1. The van der Waals surface area contributed by atoms with Crippen molar-refractivity contribution in [3.05, 3.63) is 29.5 Å². The van der Waals surface area contributed by atoms with Crippen molar-refractivity contribution in [2.75, 3.05) is 11.9 Å². The lowest BCUT2D eigenvalue weighted by Crippen LogP contribution is -2.54. The van der Waals surface area contributed by atoms with Crippen molar-refractivity contribution in [2.24, 2.45) is 17.8 Å². The van der Waals surface area contributed by atoms with E-state index in [1.165, 1.54) is 12.8 Å². The minimum absolute atomic E-state index is 0.0312. The molecule has 2 aliphatic carbocycles. The number of alkyl carbamates (subject to hydrolysis) is 1. The van der Waals surface area contributed by atoms with Crippen molar-refractivity contribution in [1.29, 1.82) is 0 Å². The Morgan fingerprint density at radius 1 is 1.00 bits per heavy atom. The molecule has 4 rings (SSSR count). The van der Waals surface area contributed by atoms with Crippen LogP contribution in [0.4, 0.5) is 15.0 Å². The Hall–Kier alpha value is -2.79. The molecule has 2 fully saturated rings. The van der Waals surface area contributed by atoms with E-state index in [9.17, 15) is 9.59 Å². The summed E-state index contributed by atoms with van der Waals surface area (Å²) in [7, 11) is -1.21. The number of pyridine rings is 1. The van der Waals surface area contributed by atoms with E-state index in [0.29, 0.717) is 42.0 Å². The first-order valence-corrected chi connectivity index (χ1v) is 21.4. The van der Waals surface area contributed by atoms with E-state index in [-0.39, 0.29) is 17.6 Å². The number of amides is 2. The summed E-state index contributed by atoms with van der Waals surface area (Å²) in [5.41, 5.74) is 1.74. The van der Waals surface area contributed by atoms with E-state index in [1.54, 1.807) is 16.8 Å². The summed E-state index contributed by atoms with van der Waals surface area (Å²) in [6, 6.07) is 3.50. The van der Waals surface area contributed by atoms with Gasteiger partial charge in [0.25, 0.3) is 0 Å². The summed E-state index contributed by atoms with van der Waals surface area (Å²) in [4.78, 5) is 31.5. The quantitative estimate of drug-likeness (QED) is 0.133. The predicted octanol–water partition coefficient (Wildman–Crippen LogP) is 8.62. The fraction of sp³-hybridized carbons (Fsp3) is 0.722. The molecule has 2 heterocycles. The summed E-state index contributed by atoms with van der Waals surface area (Å²) in [6.07, 6.45) is 10.5. The average molecular weight is 672 g/mol. The second-order valence-corrected chi connectivity index (χ2v) is 21.5. The third-order valence-corrected chi connectivity index (χ3v) is 11.4. The van der Waals surface area contributed by atoms with Crippen molar-refractivity contribution in [2.45, 2.75) is 143 Å². The number of aryl methyl sites for hydroxylation is 1. The highest BCUT2D eigenvalue weighted by molar-refractivity contribution is 6.76. The van der Waals surface area contributed by atoms with Crippen LogP contribution in [0.25, 0.3) is 11.1 Å². The molecule has 2 aromatic heterocycles. The minimum atomic E-state index is -1.21. The van der Waals surface area contributed by atoms with Gasteiger partial charge in [0.2, 0.25) is 11.9 Å². The van der Waals surface area contributed by atoms with Crippen molar-refractivity contribution >= 4 is 25.9 Å². The number of aromatic nitrogens is 3. The van der Waals surface area contributed by atoms with Crippen LogP contribution in [0.3, 0.4) is 0 Å². The zero-order valence-electron chi connectivity index (χ0n) is 30.0. The monoisotopic (exact) mass is 671 g/mol. The molecular formula is C36H58FN5O4Si. The molecule has 1 atom stereocenters. The van der Waals surface area contributed by atoms with Gasteiger partial charge in [0.15, 0.2) is 0 Å². The van der Waals surface area contributed by atoms with Crippen LogP contribution >= 0.6 is 0 Å². The fourth-order valence-corrected chi connectivity index (χ4v) is 8.13. The van der Waals surface area contributed by atoms with Gasteiger partial charge in [0.05, 0.1) is 5.69 Å². The third kappa shape index (κ3) is 10.6. The van der Waals surface area contributed by atoms with E-state index in [1.807, 2.05) is 34.6 Å². The fourth-order valence-electron chi connectivity index (χ4n) is 7.37. The minimum Gasteiger partial charge on any atom is -0.444 e. The lowest BCUT2D eigenvalue weighted by atomic mass is 9.66. The Bertz CT molecular complexity index is 1340. The summed E-state index contributed by atoms with van der Waals surface area (Å²) in [6.45, 7) is 17.1. The summed E-state index contributed by atoms with van der Waals surface area (Å²) >= 11 is 0. The van der Waals surface area contributed by atoms with Crippen molar-refractivity contribution in [3.63, 3.8) is 0 Å². The van der Waals surface area contributed by atoms with Crippen LogP contribution in [-0.2, 0) is 21.0 Å². The number of nitrogens with zero attached hydrogens (tertiary/aromatic N) is 3. The largest absolute Gasteiger partial charge is 0.444 e. The first-order valence-electron chi connectivity index (χ1n) is 17.7. The third-order valence-electron chi connectivity index (χ3n) is 9.69. The topological polar surface area (TPSA) is 107 Å². The SMILES string of the molecule is Cc1nn(COCC[Si](C)(C)C)c(C)c1-c1ccc(NC(=O)[C@@H](NC(=O)OC(C)(C)C)C(C2CCCCC2)C2CCCCC2)nc1F. The number of hydrogen-bond acceptors (Lipinski definition) is 6. The van der Waals surface area contributed by atoms with Crippen LogP contribution in [0.15, 0.2) is 12.1 Å².